The number of hydrogen-bond acceptors (Lipinski definition) is 1. The smallest absolute Gasteiger partial charge is 0.0543 e. The maximum Gasteiger partial charge on any atom is 0.0543 e. The van der Waals surface area contributed by atoms with Gasteiger partial charge < -0.3 is 5.11 Å². The van der Waals surface area contributed by atoms with Gasteiger partial charge in [0.25, 0.3) is 0 Å². The van der Waals surface area contributed by atoms with Crippen molar-refractivity contribution in [3.63, 3.8) is 0 Å². The highest BCUT2D eigenvalue weighted by Crippen LogP contribution is 2.66. The van der Waals surface area contributed by atoms with Gasteiger partial charge in [0.1, 0.15) is 0 Å². The number of fused-ring (bicyclic) bond motifs is 5. The van der Waals surface area contributed by atoms with Crippen molar-refractivity contribution in [2.24, 2.45) is 52.3 Å². The van der Waals surface area contributed by atoms with Crippen molar-refractivity contribution in [2.45, 2.75) is 112 Å². The summed E-state index contributed by atoms with van der Waals surface area (Å²) in [6, 6.07) is 0. The Morgan fingerprint density at radius 2 is 1.76 bits per heavy atom. The number of hydrogen-bond donors (Lipinski definition) is 1. The van der Waals surface area contributed by atoms with E-state index >= 15 is 0 Å². The lowest BCUT2D eigenvalue weighted by Crippen LogP contribution is -2.52. The Hall–Kier alpha value is -0.300. The van der Waals surface area contributed by atoms with Crippen LogP contribution in [0.2, 0.25) is 0 Å². The third-order valence-electron chi connectivity index (χ3n) is 11.0. The Bertz CT molecular complexity index is 620. The van der Waals surface area contributed by atoms with Crippen molar-refractivity contribution in [3.8, 4) is 0 Å². The molecule has 4 aliphatic carbocycles. The van der Waals surface area contributed by atoms with Crippen molar-refractivity contribution in [1.82, 2.24) is 0 Å². The fraction of sp³-hybridized carbons (Fsp3) is 0.929. The van der Waals surface area contributed by atoms with E-state index in [9.17, 15) is 5.11 Å². The molecule has 3 fully saturated rings. The van der Waals surface area contributed by atoms with Crippen LogP contribution in [0, 0.1) is 52.3 Å². The molecule has 166 valence electrons. The van der Waals surface area contributed by atoms with Crippen LogP contribution in [0.5, 0.6) is 0 Å². The van der Waals surface area contributed by atoms with E-state index in [4.69, 9.17) is 0 Å². The Balaban J connectivity index is 1.47. The number of rotatable bonds is 5. The zero-order valence-corrected chi connectivity index (χ0v) is 20.2. The van der Waals surface area contributed by atoms with Gasteiger partial charge in [-0.25, -0.2) is 0 Å². The minimum absolute atomic E-state index is 0.0253. The van der Waals surface area contributed by atoms with Gasteiger partial charge in [-0.05, 0) is 104 Å². The first-order valence-corrected chi connectivity index (χ1v) is 13.1. The lowest BCUT2D eigenvalue weighted by Gasteiger charge is -2.60. The molecule has 29 heavy (non-hydrogen) atoms. The highest BCUT2D eigenvalue weighted by Gasteiger charge is 2.57. The monoisotopic (exact) mass is 400 g/mol. The van der Waals surface area contributed by atoms with E-state index in [1.807, 2.05) is 5.57 Å². The van der Waals surface area contributed by atoms with E-state index < -0.39 is 0 Å². The summed E-state index contributed by atoms with van der Waals surface area (Å²) in [6.07, 6.45) is 15.8. The first kappa shape index (κ1) is 21.9. The van der Waals surface area contributed by atoms with Gasteiger partial charge in [0.2, 0.25) is 0 Å². The molecule has 4 unspecified atom stereocenters. The molecule has 1 N–H and O–H groups in total. The normalized spacial score (nSPS) is 46.5. The van der Waals surface area contributed by atoms with Crippen LogP contribution in [0.3, 0.4) is 0 Å². The van der Waals surface area contributed by atoms with Crippen molar-refractivity contribution in [3.05, 3.63) is 11.6 Å². The van der Waals surface area contributed by atoms with Crippen LogP contribution in [0.25, 0.3) is 0 Å². The maximum absolute atomic E-state index is 10.3. The fourth-order valence-electron chi connectivity index (χ4n) is 8.52. The summed E-state index contributed by atoms with van der Waals surface area (Å²) in [5, 5.41) is 10.3. The number of allylic oxidation sites excluding steroid dienone is 2. The first-order valence-electron chi connectivity index (χ1n) is 13.1. The van der Waals surface area contributed by atoms with E-state index in [0.29, 0.717) is 10.8 Å². The van der Waals surface area contributed by atoms with Crippen molar-refractivity contribution < 1.29 is 5.11 Å². The second-order valence-corrected chi connectivity index (χ2v) is 12.7. The zero-order valence-electron chi connectivity index (χ0n) is 20.2. The summed E-state index contributed by atoms with van der Waals surface area (Å²) in [5.41, 5.74) is 2.84. The summed E-state index contributed by atoms with van der Waals surface area (Å²) in [6.45, 7) is 15.0. The van der Waals surface area contributed by atoms with E-state index in [1.165, 1.54) is 51.4 Å². The molecular weight excluding hydrogens is 352 g/mol. The third-order valence-corrected chi connectivity index (χ3v) is 11.0. The molecule has 0 amide bonds. The molecule has 0 aromatic heterocycles. The van der Waals surface area contributed by atoms with Crippen molar-refractivity contribution >= 4 is 0 Å². The van der Waals surface area contributed by atoms with Crippen LogP contribution >= 0.6 is 0 Å². The van der Waals surface area contributed by atoms with Crippen LogP contribution in [0.1, 0.15) is 106 Å². The predicted octanol–water partition coefficient (Wildman–Crippen LogP) is 7.63. The van der Waals surface area contributed by atoms with E-state index in [1.54, 1.807) is 0 Å². The van der Waals surface area contributed by atoms with Gasteiger partial charge in [-0.15, -0.1) is 0 Å². The van der Waals surface area contributed by atoms with Crippen LogP contribution in [0.15, 0.2) is 11.6 Å². The van der Waals surface area contributed by atoms with Crippen LogP contribution in [-0.4, -0.2) is 11.2 Å². The molecule has 1 heteroatoms. The first-order chi connectivity index (χ1) is 13.7. The SMILES string of the molecule is CC(C)C(C)CC[C@@H](C)C1CC=C2[C@@H]3CCC4C[C@@H](O)CC[C@]4(C)C3CC[C@@]21C. The van der Waals surface area contributed by atoms with E-state index in [0.717, 1.165) is 54.3 Å². The molecule has 0 aromatic carbocycles. The van der Waals surface area contributed by atoms with Gasteiger partial charge in [0, 0.05) is 0 Å². The minimum Gasteiger partial charge on any atom is -0.393 e. The summed E-state index contributed by atoms with van der Waals surface area (Å²) in [7, 11) is 0. The van der Waals surface area contributed by atoms with Crippen LogP contribution in [0.4, 0.5) is 0 Å². The topological polar surface area (TPSA) is 20.2 Å². The molecule has 0 aliphatic heterocycles. The van der Waals surface area contributed by atoms with Gasteiger partial charge >= 0.3 is 0 Å². The molecule has 0 radical (unpaired) electrons. The van der Waals surface area contributed by atoms with Crippen molar-refractivity contribution in [2.75, 3.05) is 0 Å². The van der Waals surface area contributed by atoms with Gasteiger partial charge in [0.15, 0.2) is 0 Å². The maximum atomic E-state index is 10.3. The Morgan fingerprint density at radius 1 is 1.00 bits per heavy atom. The van der Waals surface area contributed by atoms with Gasteiger partial charge in [-0.3, -0.25) is 0 Å². The molecule has 1 nitrogen and oxygen atoms in total. The Labute approximate surface area is 181 Å². The van der Waals surface area contributed by atoms with Crippen molar-refractivity contribution in [1.29, 1.82) is 0 Å². The average Bonchev–Trinajstić information content (AvgIpc) is 3.03. The van der Waals surface area contributed by atoms with Gasteiger partial charge in [-0.2, -0.15) is 0 Å². The van der Waals surface area contributed by atoms with Crippen LogP contribution in [-0.2, 0) is 0 Å². The molecule has 0 saturated heterocycles. The number of aliphatic hydroxyl groups excluding tert-OH is 1. The second kappa shape index (κ2) is 7.99. The molecule has 4 rings (SSSR count). The predicted molar refractivity (Wildman–Crippen MR) is 124 cm³/mol. The third kappa shape index (κ3) is 3.66. The van der Waals surface area contributed by atoms with Gasteiger partial charge in [0.05, 0.1) is 6.10 Å². The summed E-state index contributed by atoms with van der Waals surface area (Å²) in [4.78, 5) is 0. The molecule has 0 spiro atoms. The second-order valence-electron chi connectivity index (χ2n) is 12.7. The highest BCUT2D eigenvalue weighted by molar-refractivity contribution is 5.30. The molecule has 9 atom stereocenters. The largest absolute Gasteiger partial charge is 0.393 e. The quantitative estimate of drug-likeness (QED) is 0.470. The molecular formula is C28H48O. The molecule has 0 aromatic rings. The lowest BCUT2D eigenvalue weighted by atomic mass is 9.45. The van der Waals surface area contributed by atoms with E-state index in [2.05, 4.69) is 47.6 Å². The Morgan fingerprint density at radius 3 is 2.48 bits per heavy atom. The Kier molecular flexibility index (Phi) is 6.04. The standard InChI is InChI=1S/C28H48O/c1-18(2)19(3)7-8-20(4)24-11-12-25-23-10-9-21-17-22(29)13-15-27(21,5)26(23)14-16-28(24,25)6/h12,18-24,26,29H,7-11,13-17H2,1-6H3/t19?,20-,21?,22+,23+,24?,26?,27+,28-/m1/s1. The van der Waals surface area contributed by atoms with E-state index in [-0.39, 0.29) is 6.10 Å². The summed E-state index contributed by atoms with van der Waals surface area (Å²) >= 11 is 0. The summed E-state index contributed by atoms with van der Waals surface area (Å²) < 4.78 is 0. The zero-order chi connectivity index (χ0) is 21.0. The van der Waals surface area contributed by atoms with Crippen LogP contribution < -0.4 is 0 Å². The fourth-order valence-corrected chi connectivity index (χ4v) is 8.52. The highest BCUT2D eigenvalue weighted by atomic mass is 16.3. The molecule has 0 bridgehead atoms. The number of aliphatic hydroxyl groups is 1. The minimum atomic E-state index is -0.0253. The lowest BCUT2D eigenvalue weighted by molar-refractivity contribution is -0.0860. The average molecular weight is 401 g/mol. The summed E-state index contributed by atoms with van der Waals surface area (Å²) in [5.74, 6) is 5.88. The molecule has 4 aliphatic rings. The van der Waals surface area contributed by atoms with Gasteiger partial charge in [-0.1, -0.05) is 66.0 Å². The molecule has 0 heterocycles. The molecule has 3 saturated carbocycles.